The fourth-order valence-corrected chi connectivity index (χ4v) is 4.70. The van der Waals surface area contributed by atoms with E-state index in [9.17, 15) is 10.5 Å². The van der Waals surface area contributed by atoms with Crippen molar-refractivity contribution >= 4 is 16.7 Å². The van der Waals surface area contributed by atoms with E-state index < -0.39 is 0 Å². The Morgan fingerprint density at radius 2 is 2.16 bits per heavy atom. The van der Waals surface area contributed by atoms with Crippen molar-refractivity contribution in [2.45, 2.75) is 25.8 Å². The lowest BCUT2D eigenvalue weighted by atomic mass is 9.96. The normalized spacial score (nSPS) is 16.7. The number of nitriles is 2. The third-order valence-electron chi connectivity index (χ3n) is 6.34. The molecule has 8 nitrogen and oxygen atoms in total. The first kappa shape index (κ1) is 19.8. The largest absolute Gasteiger partial charge is 0.370 e. The number of aromatic nitrogens is 5. The highest BCUT2D eigenvalue weighted by Crippen LogP contribution is 2.35. The Morgan fingerprint density at radius 1 is 1.25 bits per heavy atom. The molecule has 0 amide bonds. The summed E-state index contributed by atoms with van der Waals surface area (Å²) in [7, 11) is 0. The smallest absolute Gasteiger partial charge is 0.141 e. The van der Waals surface area contributed by atoms with Crippen molar-refractivity contribution in [3.05, 3.63) is 60.3 Å². The molecule has 1 N–H and O–H groups in total. The van der Waals surface area contributed by atoms with Crippen molar-refractivity contribution < 1.29 is 0 Å². The van der Waals surface area contributed by atoms with E-state index in [4.69, 9.17) is 0 Å². The number of aromatic amines is 1. The van der Waals surface area contributed by atoms with Crippen LogP contribution in [-0.4, -0.2) is 37.8 Å². The molecule has 0 bridgehead atoms. The van der Waals surface area contributed by atoms with Gasteiger partial charge in [-0.3, -0.25) is 4.68 Å². The van der Waals surface area contributed by atoms with Crippen LogP contribution < -0.4 is 4.90 Å². The predicted octanol–water partition coefficient (Wildman–Crippen LogP) is 3.98. The van der Waals surface area contributed by atoms with Crippen LogP contribution in [0.3, 0.4) is 0 Å². The number of fused-ring (bicyclic) bond motifs is 1. The summed E-state index contributed by atoms with van der Waals surface area (Å²) in [6, 6.07) is 12.6. The first-order valence-corrected chi connectivity index (χ1v) is 10.6. The zero-order valence-corrected chi connectivity index (χ0v) is 17.7. The number of aryl methyl sites for hydroxylation is 1. The van der Waals surface area contributed by atoms with Crippen molar-refractivity contribution in [2.75, 3.05) is 18.0 Å². The summed E-state index contributed by atoms with van der Waals surface area (Å²) in [5.74, 6) is 0.257. The molecule has 8 heteroatoms. The van der Waals surface area contributed by atoms with Gasteiger partial charge < -0.3 is 9.88 Å². The van der Waals surface area contributed by atoms with E-state index in [-0.39, 0.29) is 12.0 Å². The number of hydrogen-bond donors (Lipinski definition) is 1. The van der Waals surface area contributed by atoms with Gasteiger partial charge >= 0.3 is 0 Å². The van der Waals surface area contributed by atoms with Crippen LogP contribution in [0.1, 0.15) is 30.0 Å². The average molecular weight is 422 g/mol. The van der Waals surface area contributed by atoms with Crippen molar-refractivity contribution in [2.24, 2.45) is 5.92 Å². The van der Waals surface area contributed by atoms with Gasteiger partial charge in [-0.05, 0) is 31.0 Å². The van der Waals surface area contributed by atoms with Crippen molar-refractivity contribution in [3.8, 4) is 23.4 Å². The predicted molar refractivity (Wildman–Crippen MR) is 121 cm³/mol. The molecule has 0 spiro atoms. The van der Waals surface area contributed by atoms with Crippen LogP contribution in [0.25, 0.3) is 22.3 Å². The summed E-state index contributed by atoms with van der Waals surface area (Å²) < 4.78 is 1.91. The molecule has 4 aromatic rings. The lowest BCUT2D eigenvalue weighted by Gasteiger charge is -2.24. The maximum Gasteiger partial charge on any atom is 0.141 e. The van der Waals surface area contributed by atoms with Gasteiger partial charge in [0.2, 0.25) is 0 Å². The first-order chi connectivity index (χ1) is 15.7. The van der Waals surface area contributed by atoms with Gasteiger partial charge in [-0.25, -0.2) is 9.97 Å². The lowest BCUT2D eigenvalue weighted by molar-refractivity contribution is 0.332. The maximum atomic E-state index is 9.62. The topological polar surface area (TPSA) is 110 Å². The van der Waals surface area contributed by atoms with Gasteiger partial charge in [0, 0.05) is 42.4 Å². The summed E-state index contributed by atoms with van der Waals surface area (Å²) >= 11 is 0. The Hall–Kier alpha value is -4.17. The molecule has 5 rings (SSSR count). The average Bonchev–Trinajstić information content (AvgIpc) is 3.57. The third-order valence-corrected chi connectivity index (χ3v) is 6.34. The molecule has 3 aromatic heterocycles. The second-order valence-electron chi connectivity index (χ2n) is 8.18. The van der Waals surface area contributed by atoms with Crippen LogP contribution in [-0.2, 0) is 0 Å². The van der Waals surface area contributed by atoms with Crippen LogP contribution >= 0.6 is 0 Å². The Kier molecular flexibility index (Phi) is 5.04. The summed E-state index contributed by atoms with van der Waals surface area (Å²) in [5, 5.41) is 24.7. The second-order valence-corrected chi connectivity index (χ2v) is 8.18. The van der Waals surface area contributed by atoms with E-state index in [2.05, 4.69) is 37.1 Å². The summed E-state index contributed by atoms with van der Waals surface area (Å²) in [6.07, 6.45) is 8.49. The van der Waals surface area contributed by atoms with Crippen LogP contribution in [0.2, 0.25) is 0 Å². The quantitative estimate of drug-likeness (QED) is 0.521. The Morgan fingerprint density at radius 3 is 3.00 bits per heavy atom. The molecule has 1 aromatic carbocycles. The number of benzene rings is 1. The molecule has 1 saturated heterocycles. The maximum absolute atomic E-state index is 9.62. The van der Waals surface area contributed by atoms with Crippen molar-refractivity contribution in [1.29, 1.82) is 10.5 Å². The Balaban J connectivity index is 1.42. The lowest BCUT2D eigenvalue weighted by Crippen LogP contribution is -2.25. The number of nitrogens with zero attached hydrogens (tertiary/aromatic N) is 7. The summed E-state index contributed by atoms with van der Waals surface area (Å²) in [6.45, 7) is 3.61. The van der Waals surface area contributed by atoms with E-state index in [1.54, 1.807) is 12.5 Å². The molecule has 158 valence electrons. The molecular formula is C24H22N8. The molecule has 1 aliphatic heterocycles. The van der Waals surface area contributed by atoms with Crippen LogP contribution in [0.5, 0.6) is 0 Å². The molecule has 2 atom stereocenters. The molecule has 1 aliphatic rings. The molecule has 1 fully saturated rings. The highest BCUT2D eigenvalue weighted by atomic mass is 15.3. The third kappa shape index (κ3) is 3.36. The van der Waals surface area contributed by atoms with E-state index in [0.29, 0.717) is 6.42 Å². The molecule has 2 unspecified atom stereocenters. The van der Waals surface area contributed by atoms with Crippen LogP contribution in [0.15, 0.2) is 49.2 Å². The van der Waals surface area contributed by atoms with Gasteiger partial charge in [-0.1, -0.05) is 12.1 Å². The molecule has 0 radical (unpaired) electrons. The number of hydrogen-bond acceptors (Lipinski definition) is 6. The highest BCUT2D eigenvalue weighted by molar-refractivity contribution is 5.89. The standard InChI is InChI=1S/C24H22N8/c1-16-3-2-4-22(20(16)11-26)31-10-7-17(13-31)21(5-8-25)32-14-18(12-30-32)23-19-6-9-27-24(19)29-15-28-23/h2-4,6,9,12,14-15,17,21H,5,7,10,13H2,1H3,(H,27,28,29). The van der Waals surface area contributed by atoms with Gasteiger partial charge in [0.15, 0.2) is 0 Å². The molecule has 4 heterocycles. The van der Waals surface area contributed by atoms with E-state index in [1.807, 2.05) is 48.3 Å². The molecular weight excluding hydrogens is 400 g/mol. The van der Waals surface area contributed by atoms with Gasteiger partial charge in [-0.2, -0.15) is 15.6 Å². The molecule has 0 saturated carbocycles. The van der Waals surface area contributed by atoms with Crippen molar-refractivity contribution in [3.63, 3.8) is 0 Å². The van der Waals surface area contributed by atoms with Gasteiger partial charge in [-0.15, -0.1) is 0 Å². The number of rotatable bonds is 5. The highest BCUT2D eigenvalue weighted by Gasteiger charge is 2.32. The fraction of sp³-hybridized carbons (Fsp3) is 0.292. The number of nitrogens with one attached hydrogen (secondary N) is 1. The Labute approximate surface area is 185 Å². The van der Waals surface area contributed by atoms with E-state index in [0.717, 1.165) is 58.6 Å². The SMILES string of the molecule is Cc1cccc(N2CCC(C(CC#N)n3cc(-c4ncnc5[nH]ccc45)cn3)C2)c1C#N. The van der Waals surface area contributed by atoms with Crippen LogP contribution in [0, 0.1) is 35.5 Å². The zero-order chi connectivity index (χ0) is 22.1. The van der Waals surface area contributed by atoms with Crippen molar-refractivity contribution in [1.82, 2.24) is 24.7 Å². The Bertz CT molecular complexity index is 1350. The minimum Gasteiger partial charge on any atom is -0.370 e. The molecule has 32 heavy (non-hydrogen) atoms. The minimum atomic E-state index is -0.0438. The summed E-state index contributed by atoms with van der Waals surface area (Å²) in [4.78, 5) is 14.1. The number of anilines is 1. The number of H-pyrrole nitrogens is 1. The second kappa shape index (κ2) is 8.16. The zero-order valence-electron chi connectivity index (χ0n) is 17.7. The first-order valence-electron chi connectivity index (χ1n) is 10.6. The summed E-state index contributed by atoms with van der Waals surface area (Å²) in [5.41, 5.74) is 5.20. The van der Waals surface area contributed by atoms with E-state index in [1.165, 1.54) is 0 Å². The van der Waals surface area contributed by atoms with Crippen LogP contribution in [0.4, 0.5) is 5.69 Å². The minimum absolute atomic E-state index is 0.0438. The van der Waals surface area contributed by atoms with Gasteiger partial charge in [0.1, 0.15) is 18.0 Å². The molecule has 0 aliphatic carbocycles. The van der Waals surface area contributed by atoms with Gasteiger partial charge in [0.05, 0.1) is 41.7 Å². The van der Waals surface area contributed by atoms with E-state index >= 15 is 0 Å². The van der Waals surface area contributed by atoms with Gasteiger partial charge in [0.25, 0.3) is 0 Å². The monoisotopic (exact) mass is 422 g/mol. The fourth-order valence-electron chi connectivity index (χ4n) is 4.70.